The molecule has 0 fully saturated rings. The van der Waals surface area contributed by atoms with E-state index in [9.17, 15) is 5.11 Å². The Labute approximate surface area is 138 Å². The lowest BCUT2D eigenvalue weighted by atomic mass is 9.98. The summed E-state index contributed by atoms with van der Waals surface area (Å²) in [6.07, 6.45) is 2.11. The molecule has 0 aliphatic heterocycles. The minimum absolute atomic E-state index is 0.106. The standard InChI is InChI=1S/C16H15Cl2N3O/c1-9(2)15-13(7-10-5-11(17)8-12(18)6-10)16(22)21-14(20-15)3-4-19-21/h3-6,8-9,22H,7H2,1-2H3. The smallest absolute Gasteiger partial charge is 0.219 e. The van der Waals surface area contributed by atoms with Crippen molar-refractivity contribution in [3.05, 3.63) is 57.3 Å². The highest BCUT2D eigenvalue weighted by Gasteiger charge is 2.18. The molecule has 0 bridgehead atoms. The van der Waals surface area contributed by atoms with Crippen molar-refractivity contribution < 1.29 is 5.11 Å². The molecule has 2 aromatic heterocycles. The molecule has 0 atom stereocenters. The minimum atomic E-state index is 0.106. The van der Waals surface area contributed by atoms with E-state index in [1.165, 1.54) is 4.52 Å². The van der Waals surface area contributed by atoms with Gasteiger partial charge in [-0.3, -0.25) is 0 Å². The van der Waals surface area contributed by atoms with E-state index < -0.39 is 0 Å². The third-order valence-corrected chi connectivity index (χ3v) is 3.92. The lowest BCUT2D eigenvalue weighted by Crippen LogP contribution is -2.06. The third-order valence-electron chi connectivity index (χ3n) is 3.49. The van der Waals surface area contributed by atoms with Crippen molar-refractivity contribution in [2.45, 2.75) is 26.2 Å². The molecule has 0 radical (unpaired) electrons. The van der Waals surface area contributed by atoms with Crippen molar-refractivity contribution in [1.29, 1.82) is 0 Å². The fraction of sp³-hybridized carbons (Fsp3) is 0.250. The molecule has 0 unspecified atom stereocenters. The van der Waals surface area contributed by atoms with Gasteiger partial charge in [-0.2, -0.15) is 9.61 Å². The van der Waals surface area contributed by atoms with E-state index in [0.29, 0.717) is 22.1 Å². The fourth-order valence-corrected chi connectivity index (χ4v) is 3.11. The number of halogens is 2. The second kappa shape index (κ2) is 5.78. The largest absolute Gasteiger partial charge is 0.493 e. The van der Waals surface area contributed by atoms with Crippen molar-refractivity contribution in [2.75, 3.05) is 0 Å². The van der Waals surface area contributed by atoms with Gasteiger partial charge < -0.3 is 5.11 Å². The highest BCUT2D eigenvalue weighted by Crippen LogP contribution is 2.30. The van der Waals surface area contributed by atoms with Crippen LogP contribution in [0.15, 0.2) is 30.5 Å². The van der Waals surface area contributed by atoms with E-state index >= 15 is 0 Å². The second-order valence-electron chi connectivity index (χ2n) is 5.51. The monoisotopic (exact) mass is 335 g/mol. The number of hydrogen-bond acceptors (Lipinski definition) is 3. The first kappa shape index (κ1) is 15.1. The maximum atomic E-state index is 10.6. The molecule has 4 nitrogen and oxygen atoms in total. The lowest BCUT2D eigenvalue weighted by Gasteiger charge is -2.15. The van der Waals surface area contributed by atoms with Crippen LogP contribution in [0.5, 0.6) is 5.88 Å². The molecule has 0 aliphatic rings. The van der Waals surface area contributed by atoms with Gasteiger partial charge in [0, 0.05) is 28.1 Å². The molecular weight excluding hydrogens is 321 g/mol. The van der Waals surface area contributed by atoms with Gasteiger partial charge in [-0.15, -0.1) is 0 Å². The predicted molar refractivity (Wildman–Crippen MR) is 88.0 cm³/mol. The number of aromatic nitrogens is 3. The molecule has 0 amide bonds. The van der Waals surface area contributed by atoms with Crippen LogP contribution < -0.4 is 0 Å². The lowest BCUT2D eigenvalue weighted by molar-refractivity contribution is 0.426. The molecule has 2 heterocycles. The highest BCUT2D eigenvalue weighted by molar-refractivity contribution is 6.34. The van der Waals surface area contributed by atoms with Crippen LogP contribution in [0, 0.1) is 0 Å². The van der Waals surface area contributed by atoms with Gasteiger partial charge in [0.05, 0.1) is 11.9 Å². The van der Waals surface area contributed by atoms with E-state index in [0.717, 1.165) is 16.8 Å². The van der Waals surface area contributed by atoms with Crippen LogP contribution in [0.4, 0.5) is 0 Å². The number of rotatable bonds is 3. The van der Waals surface area contributed by atoms with Gasteiger partial charge in [0.1, 0.15) is 0 Å². The molecule has 6 heteroatoms. The van der Waals surface area contributed by atoms with Crippen molar-refractivity contribution in [3.8, 4) is 5.88 Å². The molecular formula is C16H15Cl2N3O. The van der Waals surface area contributed by atoms with Crippen LogP contribution >= 0.6 is 23.2 Å². The van der Waals surface area contributed by atoms with E-state index in [-0.39, 0.29) is 11.8 Å². The van der Waals surface area contributed by atoms with Gasteiger partial charge in [0.2, 0.25) is 5.88 Å². The van der Waals surface area contributed by atoms with Crippen LogP contribution in [-0.4, -0.2) is 19.7 Å². The van der Waals surface area contributed by atoms with Crippen LogP contribution in [0.3, 0.4) is 0 Å². The summed E-state index contributed by atoms with van der Waals surface area (Å²) in [6, 6.07) is 7.13. The number of benzene rings is 1. The van der Waals surface area contributed by atoms with Crippen molar-refractivity contribution in [3.63, 3.8) is 0 Å². The topological polar surface area (TPSA) is 50.4 Å². The summed E-state index contributed by atoms with van der Waals surface area (Å²) in [4.78, 5) is 4.61. The fourth-order valence-electron chi connectivity index (χ4n) is 2.54. The van der Waals surface area contributed by atoms with E-state index in [1.54, 1.807) is 18.3 Å². The first-order valence-corrected chi connectivity index (χ1v) is 7.71. The minimum Gasteiger partial charge on any atom is -0.493 e. The third kappa shape index (κ3) is 2.76. The summed E-state index contributed by atoms with van der Waals surface area (Å²) in [6.45, 7) is 4.09. The van der Waals surface area contributed by atoms with Gasteiger partial charge in [-0.1, -0.05) is 37.0 Å². The molecule has 1 N–H and O–H groups in total. The van der Waals surface area contributed by atoms with E-state index in [2.05, 4.69) is 10.1 Å². The zero-order valence-electron chi connectivity index (χ0n) is 12.2. The molecule has 0 spiro atoms. The van der Waals surface area contributed by atoms with Crippen molar-refractivity contribution in [1.82, 2.24) is 14.6 Å². The van der Waals surface area contributed by atoms with Crippen LogP contribution in [0.1, 0.15) is 36.6 Å². The second-order valence-corrected chi connectivity index (χ2v) is 6.38. The molecule has 1 aromatic carbocycles. The van der Waals surface area contributed by atoms with Crippen LogP contribution in [0.2, 0.25) is 10.0 Å². The average molecular weight is 336 g/mol. The van der Waals surface area contributed by atoms with E-state index in [4.69, 9.17) is 23.2 Å². The number of hydrogen-bond donors (Lipinski definition) is 1. The highest BCUT2D eigenvalue weighted by atomic mass is 35.5. The molecule has 3 rings (SSSR count). The zero-order valence-corrected chi connectivity index (χ0v) is 13.7. The first-order valence-electron chi connectivity index (χ1n) is 6.96. The molecule has 0 saturated carbocycles. The summed E-state index contributed by atoms with van der Waals surface area (Å²) in [7, 11) is 0. The Morgan fingerprint density at radius 2 is 1.86 bits per heavy atom. The Bertz CT molecular complexity index is 823. The molecule has 114 valence electrons. The van der Waals surface area contributed by atoms with E-state index in [1.807, 2.05) is 26.0 Å². The van der Waals surface area contributed by atoms with Crippen molar-refractivity contribution >= 4 is 28.8 Å². The quantitative estimate of drug-likeness (QED) is 0.768. The molecule has 0 saturated heterocycles. The first-order chi connectivity index (χ1) is 10.5. The maximum Gasteiger partial charge on any atom is 0.219 e. The summed E-state index contributed by atoms with van der Waals surface area (Å²) < 4.78 is 1.44. The van der Waals surface area contributed by atoms with Gasteiger partial charge in [-0.05, 0) is 29.7 Å². The Morgan fingerprint density at radius 1 is 1.18 bits per heavy atom. The summed E-state index contributed by atoms with van der Waals surface area (Å²) in [5.41, 5.74) is 3.14. The molecule has 3 aromatic rings. The zero-order chi connectivity index (χ0) is 15.9. The Balaban J connectivity index is 2.15. The van der Waals surface area contributed by atoms with Gasteiger partial charge in [-0.25, -0.2) is 4.98 Å². The SMILES string of the molecule is CC(C)c1nc2ccnn2c(O)c1Cc1cc(Cl)cc(Cl)c1. The van der Waals surface area contributed by atoms with Crippen molar-refractivity contribution in [2.24, 2.45) is 0 Å². The predicted octanol–water partition coefficient (Wildman–Crippen LogP) is 4.46. The van der Waals surface area contributed by atoms with Gasteiger partial charge in [0.25, 0.3) is 0 Å². The Morgan fingerprint density at radius 3 is 2.50 bits per heavy atom. The summed E-state index contributed by atoms with van der Waals surface area (Å²) >= 11 is 12.1. The molecule has 22 heavy (non-hydrogen) atoms. The number of fused-ring (bicyclic) bond motifs is 1. The summed E-state index contributed by atoms with van der Waals surface area (Å²) in [5.74, 6) is 0.283. The number of nitrogens with zero attached hydrogens (tertiary/aromatic N) is 3. The average Bonchev–Trinajstić information content (AvgIpc) is 2.89. The molecule has 0 aliphatic carbocycles. The number of aromatic hydroxyl groups is 1. The van der Waals surface area contributed by atoms with Gasteiger partial charge >= 0.3 is 0 Å². The van der Waals surface area contributed by atoms with Gasteiger partial charge in [0.15, 0.2) is 5.65 Å². The summed E-state index contributed by atoms with van der Waals surface area (Å²) in [5, 5.41) is 15.8. The Hall–Kier alpha value is -1.78. The normalized spacial score (nSPS) is 11.5. The Kier molecular flexibility index (Phi) is 3.98. The van der Waals surface area contributed by atoms with Crippen LogP contribution in [0.25, 0.3) is 5.65 Å². The maximum absolute atomic E-state index is 10.6. The van der Waals surface area contributed by atoms with Crippen LogP contribution in [-0.2, 0) is 6.42 Å².